The first-order chi connectivity index (χ1) is 9.04. The summed E-state index contributed by atoms with van der Waals surface area (Å²) in [5.74, 6) is -0.216. The number of ether oxygens (including phenoxy) is 1. The average Bonchev–Trinajstić information content (AvgIpc) is 2.38. The van der Waals surface area contributed by atoms with Crippen LogP contribution in [0.4, 0.5) is 0 Å². The van der Waals surface area contributed by atoms with Gasteiger partial charge in [-0.3, -0.25) is 9.59 Å². The Labute approximate surface area is 122 Å². The minimum absolute atomic E-state index is 0.00225. The maximum Gasteiger partial charge on any atom is 0.305 e. The maximum atomic E-state index is 11.9. The van der Waals surface area contributed by atoms with Gasteiger partial charge in [0.2, 0.25) is 0 Å². The van der Waals surface area contributed by atoms with Crippen LogP contribution in [0.25, 0.3) is 0 Å². The summed E-state index contributed by atoms with van der Waals surface area (Å²) in [6.07, 6.45) is 2.03. The van der Waals surface area contributed by atoms with Crippen LogP contribution in [0.5, 0.6) is 0 Å². The Morgan fingerprint density at radius 2 is 1.79 bits per heavy atom. The van der Waals surface area contributed by atoms with Crippen molar-refractivity contribution >= 4 is 35.0 Å². The van der Waals surface area contributed by atoms with Crippen molar-refractivity contribution in [3.8, 4) is 0 Å². The van der Waals surface area contributed by atoms with E-state index in [2.05, 4.69) is 0 Å². The van der Waals surface area contributed by atoms with E-state index >= 15 is 0 Å². The Kier molecular flexibility index (Phi) is 6.89. The number of Topliss-reactive ketones (excluding diaryl/α,β-unsaturated/α-hetero) is 1. The van der Waals surface area contributed by atoms with Crippen LogP contribution in [0, 0.1) is 0 Å². The molecule has 0 atom stereocenters. The molecule has 0 unspecified atom stereocenters. The Hall–Kier alpha value is -1.06. The largest absolute Gasteiger partial charge is 0.466 e. The number of hydrogen-bond acceptors (Lipinski definition) is 3. The van der Waals surface area contributed by atoms with E-state index in [4.69, 9.17) is 27.9 Å². The first-order valence-corrected chi connectivity index (χ1v) is 6.94. The summed E-state index contributed by atoms with van der Waals surface area (Å²) in [5, 5.41) is 0.805. The van der Waals surface area contributed by atoms with Gasteiger partial charge in [-0.05, 0) is 38.0 Å². The van der Waals surface area contributed by atoms with E-state index < -0.39 is 0 Å². The molecule has 5 heteroatoms. The van der Waals surface area contributed by atoms with Crippen LogP contribution in [-0.4, -0.2) is 18.4 Å². The highest BCUT2D eigenvalue weighted by Gasteiger charge is 2.09. The lowest BCUT2D eigenvalue weighted by Crippen LogP contribution is -2.04. The zero-order valence-electron chi connectivity index (χ0n) is 10.7. The third kappa shape index (κ3) is 5.62. The summed E-state index contributed by atoms with van der Waals surface area (Å²) >= 11 is 11.6. The molecule has 0 amide bonds. The minimum Gasteiger partial charge on any atom is -0.466 e. The lowest BCUT2D eigenvalue weighted by molar-refractivity contribution is -0.143. The quantitative estimate of drug-likeness (QED) is 0.428. The van der Waals surface area contributed by atoms with E-state index in [1.165, 1.54) is 0 Å². The van der Waals surface area contributed by atoms with Gasteiger partial charge in [0.15, 0.2) is 5.78 Å². The van der Waals surface area contributed by atoms with E-state index in [9.17, 15) is 9.59 Å². The third-order valence-electron chi connectivity index (χ3n) is 2.58. The van der Waals surface area contributed by atoms with Gasteiger partial charge in [0, 0.05) is 18.4 Å². The SMILES string of the molecule is CCOC(=O)CCCCC(=O)c1ccc(Cl)c(Cl)c1. The van der Waals surface area contributed by atoms with Gasteiger partial charge in [0.25, 0.3) is 0 Å². The minimum atomic E-state index is -0.218. The average molecular weight is 303 g/mol. The fourth-order valence-electron chi connectivity index (χ4n) is 1.60. The first kappa shape index (κ1) is 16.0. The van der Waals surface area contributed by atoms with Crippen LogP contribution >= 0.6 is 23.2 Å². The molecule has 0 bridgehead atoms. The molecule has 1 aromatic rings. The number of hydrogen-bond donors (Lipinski definition) is 0. The van der Waals surface area contributed by atoms with E-state index in [0.29, 0.717) is 47.9 Å². The van der Waals surface area contributed by atoms with Crippen molar-refractivity contribution in [3.63, 3.8) is 0 Å². The second kappa shape index (κ2) is 8.18. The third-order valence-corrected chi connectivity index (χ3v) is 3.32. The molecule has 0 aliphatic carbocycles. The molecule has 0 radical (unpaired) electrons. The molecule has 0 saturated heterocycles. The van der Waals surface area contributed by atoms with Crippen molar-refractivity contribution in [2.75, 3.05) is 6.61 Å². The van der Waals surface area contributed by atoms with Crippen molar-refractivity contribution in [1.82, 2.24) is 0 Å². The molecule has 0 spiro atoms. The van der Waals surface area contributed by atoms with Crippen molar-refractivity contribution < 1.29 is 14.3 Å². The van der Waals surface area contributed by atoms with Crippen molar-refractivity contribution in [1.29, 1.82) is 0 Å². The van der Waals surface area contributed by atoms with Crippen LogP contribution in [-0.2, 0) is 9.53 Å². The molecule has 104 valence electrons. The number of benzene rings is 1. The second-order valence-corrected chi connectivity index (χ2v) is 4.88. The molecule has 0 aliphatic heterocycles. The summed E-state index contributed by atoms with van der Waals surface area (Å²) < 4.78 is 4.81. The number of halogens is 2. The van der Waals surface area contributed by atoms with Gasteiger partial charge in [-0.2, -0.15) is 0 Å². The van der Waals surface area contributed by atoms with Gasteiger partial charge in [-0.25, -0.2) is 0 Å². The predicted molar refractivity (Wildman–Crippen MR) is 75.9 cm³/mol. The molecular weight excluding hydrogens is 287 g/mol. The van der Waals surface area contributed by atoms with Crippen LogP contribution in [0.1, 0.15) is 43.0 Å². The van der Waals surface area contributed by atoms with Crippen LogP contribution < -0.4 is 0 Å². The molecule has 1 rings (SSSR count). The van der Waals surface area contributed by atoms with Crippen LogP contribution in [0.2, 0.25) is 10.0 Å². The van der Waals surface area contributed by atoms with Gasteiger partial charge in [-0.1, -0.05) is 23.2 Å². The van der Waals surface area contributed by atoms with Gasteiger partial charge in [-0.15, -0.1) is 0 Å². The molecule has 0 aliphatic rings. The van der Waals surface area contributed by atoms with E-state index in [1.54, 1.807) is 25.1 Å². The van der Waals surface area contributed by atoms with Gasteiger partial charge < -0.3 is 4.74 Å². The van der Waals surface area contributed by atoms with Crippen LogP contribution in [0.15, 0.2) is 18.2 Å². The number of carbonyl (C=O) groups is 2. The Bertz CT molecular complexity index is 458. The zero-order chi connectivity index (χ0) is 14.3. The standard InChI is InChI=1S/C14H16Cl2O3/c1-2-19-14(18)6-4-3-5-13(17)10-7-8-11(15)12(16)9-10/h7-9H,2-6H2,1H3. The first-order valence-electron chi connectivity index (χ1n) is 6.18. The lowest BCUT2D eigenvalue weighted by Gasteiger charge is -2.03. The molecule has 19 heavy (non-hydrogen) atoms. The maximum absolute atomic E-state index is 11.9. The molecule has 0 fully saturated rings. The molecule has 0 aromatic heterocycles. The highest BCUT2D eigenvalue weighted by Crippen LogP contribution is 2.23. The van der Waals surface area contributed by atoms with E-state index in [-0.39, 0.29) is 11.8 Å². The highest BCUT2D eigenvalue weighted by atomic mass is 35.5. The smallest absolute Gasteiger partial charge is 0.305 e. The Morgan fingerprint density at radius 3 is 2.42 bits per heavy atom. The molecule has 3 nitrogen and oxygen atoms in total. The Balaban J connectivity index is 2.35. The number of unbranched alkanes of at least 4 members (excludes halogenated alkanes) is 1. The van der Waals surface area contributed by atoms with Crippen molar-refractivity contribution in [2.24, 2.45) is 0 Å². The summed E-state index contributed by atoms with van der Waals surface area (Å²) in [6, 6.07) is 4.83. The number of rotatable bonds is 7. The van der Waals surface area contributed by atoms with Gasteiger partial charge in [0.1, 0.15) is 0 Å². The molecule has 1 aromatic carbocycles. The van der Waals surface area contributed by atoms with E-state index in [0.717, 1.165) is 0 Å². The topological polar surface area (TPSA) is 43.4 Å². The fraction of sp³-hybridized carbons (Fsp3) is 0.429. The van der Waals surface area contributed by atoms with Crippen molar-refractivity contribution in [3.05, 3.63) is 33.8 Å². The second-order valence-electron chi connectivity index (χ2n) is 4.06. The Morgan fingerprint density at radius 1 is 1.11 bits per heavy atom. The highest BCUT2D eigenvalue weighted by molar-refractivity contribution is 6.42. The van der Waals surface area contributed by atoms with E-state index in [1.807, 2.05) is 0 Å². The molecule has 0 heterocycles. The normalized spacial score (nSPS) is 10.3. The molecular formula is C14H16Cl2O3. The summed E-state index contributed by atoms with van der Waals surface area (Å²) in [7, 11) is 0. The fourth-order valence-corrected chi connectivity index (χ4v) is 1.90. The van der Waals surface area contributed by atoms with Crippen molar-refractivity contribution in [2.45, 2.75) is 32.6 Å². The molecule has 0 saturated carbocycles. The summed E-state index contributed by atoms with van der Waals surface area (Å²) in [5.41, 5.74) is 0.547. The monoisotopic (exact) mass is 302 g/mol. The number of esters is 1. The van der Waals surface area contributed by atoms with Gasteiger partial charge >= 0.3 is 5.97 Å². The summed E-state index contributed by atoms with van der Waals surface area (Å²) in [4.78, 5) is 23.0. The predicted octanol–water partition coefficient (Wildman–Crippen LogP) is 4.30. The van der Waals surface area contributed by atoms with Crippen LogP contribution in [0.3, 0.4) is 0 Å². The summed E-state index contributed by atoms with van der Waals surface area (Å²) in [6.45, 7) is 2.16. The van der Waals surface area contributed by atoms with Gasteiger partial charge in [0.05, 0.1) is 16.7 Å². The molecule has 0 N–H and O–H groups in total. The number of ketones is 1. The number of carbonyl (C=O) groups excluding carboxylic acids is 2. The lowest BCUT2D eigenvalue weighted by atomic mass is 10.0. The zero-order valence-corrected chi connectivity index (χ0v) is 12.3.